The molecule has 1 unspecified atom stereocenters. The number of ether oxygens (including phenoxy) is 1. The topological polar surface area (TPSA) is 49.8 Å². The molecule has 1 N–H and O–H groups in total. The number of aliphatic hydroxyl groups excluding tert-OH is 1. The molecule has 1 aliphatic rings. The minimum atomic E-state index is -0.662. The van der Waals surface area contributed by atoms with E-state index in [-0.39, 0.29) is 12.4 Å². The first-order valence-corrected chi connectivity index (χ1v) is 8.79. The second kappa shape index (κ2) is 7.38. The van der Waals surface area contributed by atoms with Gasteiger partial charge in [-0.1, -0.05) is 24.3 Å². The summed E-state index contributed by atoms with van der Waals surface area (Å²) in [6.07, 6.45) is 0.648. The lowest BCUT2D eigenvalue weighted by Gasteiger charge is -2.44. The van der Waals surface area contributed by atoms with Crippen molar-refractivity contribution >= 4 is 5.78 Å². The maximum atomic E-state index is 13.3. The molecule has 132 valence electrons. The standard InChI is InChI=1S/C21H25NO3/c1-3-25-19-10-8-16(9-11-19)20(24)21(2)14-17-6-4-5-7-18(17)15-22(21)12-13-23/h4-11,23H,3,12-15H2,1-2H3. The number of nitrogens with zero attached hydrogens (tertiary/aromatic N) is 1. The molecule has 0 amide bonds. The first-order valence-electron chi connectivity index (χ1n) is 8.79. The molecule has 0 aliphatic carbocycles. The van der Waals surface area contributed by atoms with Gasteiger partial charge in [-0.3, -0.25) is 9.69 Å². The molecule has 0 spiro atoms. The third-order valence-electron chi connectivity index (χ3n) is 5.00. The fraction of sp³-hybridized carbons (Fsp3) is 0.381. The van der Waals surface area contributed by atoms with Crippen molar-refractivity contribution < 1.29 is 14.6 Å². The molecule has 25 heavy (non-hydrogen) atoms. The van der Waals surface area contributed by atoms with Crippen LogP contribution in [0.3, 0.4) is 0 Å². The van der Waals surface area contributed by atoms with Gasteiger partial charge in [-0.15, -0.1) is 0 Å². The molecule has 1 heterocycles. The fourth-order valence-corrected chi connectivity index (χ4v) is 3.60. The van der Waals surface area contributed by atoms with Crippen LogP contribution in [0.2, 0.25) is 0 Å². The van der Waals surface area contributed by atoms with E-state index >= 15 is 0 Å². The van der Waals surface area contributed by atoms with Crippen molar-refractivity contribution in [1.82, 2.24) is 4.90 Å². The SMILES string of the molecule is CCOc1ccc(C(=O)C2(C)Cc3ccccc3CN2CCO)cc1. The maximum Gasteiger partial charge on any atom is 0.183 e. The average molecular weight is 339 g/mol. The summed E-state index contributed by atoms with van der Waals surface area (Å²) in [5, 5.41) is 9.48. The van der Waals surface area contributed by atoms with Crippen molar-refractivity contribution in [3.8, 4) is 5.75 Å². The highest BCUT2D eigenvalue weighted by Gasteiger charge is 2.42. The van der Waals surface area contributed by atoms with Gasteiger partial charge in [0.25, 0.3) is 0 Å². The van der Waals surface area contributed by atoms with E-state index in [1.807, 2.05) is 50.2 Å². The van der Waals surface area contributed by atoms with E-state index in [9.17, 15) is 9.90 Å². The number of ketones is 1. The second-order valence-corrected chi connectivity index (χ2v) is 6.65. The number of rotatable bonds is 6. The first-order chi connectivity index (χ1) is 12.1. The van der Waals surface area contributed by atoms with Crippen molar-refractivity contribution in [2.45, 2.75) is 32.4 Å². The summed E-state index contributed by atoms with van der Waals surface area (Å²) in [7, 11) is 0. The normalized spacial score (nSPS) is 20.1. The zero-order valence-corrected chi connectivity index (χ0v) is 14.9. The quantitative estimate of drug-likeness (QED) is 0.822. The van der Waals surface area contributed by atoms with Gasteiger partial charge in [0, 0.05) is 18.7 Å². The number of benzene rings is 2. The monoisotopic (exact) mass is 339 g/mol. The van der Waals surface area contributed by atoms with Crippen molar-refractivity contribution in [2.24, 2.45) is 0 Å². The number of carbonyl (C=O) groups is 1. The lowest BCUT2D eigenvalue weighted by molar-refractivity contribution is 0.0444. The van der Waals surface area contributed by atoms with Crippen LogP contribution in [-0.2, 0) is 13.0 Å². The summed E-state index contributed by atoms with van der Waals surface area (Å²) in [6, 6.07) is 15.6. The Hall–Kier alpha value is -2.17. The Balaban J connectivity index is 1.92. The van der Waals surface area contributed by atoms with Crippen LogP contribution in [0.25, 0.3) is 0 Å². The molecule has 0 saturated heterocycles. The predicted molar refractivity (Wildman–Crippen MR) is 98.0 cm³/mol. The summed E-state index contributed by atoms with van der Waals surface area (Å²) in [5.41, 5.74) is 2.45. The van der Waals surface area contributed by atoms with E-state index in [0.29, 0.717) is 31.7 Å². The van der Waals surface area contributed by atoms with E-state index in [1.165, 1.54) is 11.1 Å². The molecule has 0 aromatic heterocycles. The Labute approximate surface area is 149 Å². The molecule has 0 radical (unpaired) electrons. The van der Waals surface area contributed by atoms with Gasteiger partial charge < -0.3 is 9.84 Å². The zero-order valence-electron chi connectivity index (χ0n) is 14.9. The van der Waals surface area contributed by atoms with Crippen LogP contribution in [0.5, 0.6) is 5.75 Å². The molecule has 1 atom stereocenters. The third kappa shape index (κ3) is 3.46. The van der Waals surface area contributed by atoms with Crippen LogP contribution >= 0.6 is 0 Å². The Morgan fingerprint density at radius 2 is 1.84 bits per heavy atom. The smallest absolute Gasteiger partial charge is 0.183 e. The number of Topliss-reactive ketones (excluding diaryl/α,β-unsaturated/α-hetero) is 1. The number of aliphatic hydroxyl groups is 1. The van der Waals surface area contributed by atoms with Gasteiger partial charge in [0.1, 0.15) is 5.75 Å². The minimum Gasteiger partial charge on any atom is -0.494 e. The van der Waals surface area contributed by atoms with Crippen LogP contribution in [0.1, 0.15) is 35.3 Å². The summed E-state index contributed by atoms with van der Waals surface area (Å²) in [6.45, 7) is 5.72. The molecular weight excluding hydrogens is 314 g/mol. The van der Waals surface area contributed by atoms with Crippen molar-refractivity contribution in [3.63, 3.8) is 0 Å². The molecule has 4 heteroatoms. The van der Waals surface area contributed by atoms with Gasteiger partial charge in [0.05, 0.1) is 18.8 Å². The Morgan fingerprint density at radius 1 is 1.16 bits per heavy atom. The van der Waals surface area contributed by atoms with Gasteiger partial charge in [0.2, 0.25) is 0 Å². The van der Waals surface area contributed by atoms with E-state index in [0.717, 1.165) is 5.75 Å². The number of carbonyl (C=O) groups excluding carboxylic acids is 1. The highest BCUT2D eigenvalue weighted by molar-refractivity contribution is 6.03. The lowest BCUT2D eigenvalue weighted by Crippen LogP contribution is -2.56. The van der Waals surface area contributed by atoms with Crippen LogP contribution in [-0.4, -0.2) is 41.1 Å². The predicted octanol–water partition coefficient (Wildman–Crippen LogP) is 3.08. The van der Waals surface area contributed by atoms with Gasteiger partial charge in [0.15, 0.2) is 5.78 Å². The Morgan fingerprint density at radius 3 is 2.48 bits per heavy atom. The highest BCUT2D eigenvalue weighted by Crippen LogP contribution is 2.33. The van der Waals surface area contributed by atoms with Crippen LogP contribution < -0.4 is 4.74 Å². The van der Waals surface area contributed by atoms with E-state index < -0.39 is 5.54 Å². The molecule has 2 aromatic carbocycles. The molecule has 0 fully saturated rings. The van der Waals surface area contributed by atoms with Gasteiger partial charge in [-0.25, -0.2) is 0 Å². The van der Waals surface area contributed by atoms with E-state index in [1.54, 1.807) is 0 Å². The summed E-state index contributed by atoms with van der Waals surface area (Å²) >= 11 is 0. The number of β-amino-alcohol motifs (C(OH)–C–C–N with tert-alkyl or cyclic N) is 1. The Bertz CT molecular complexity index is 741. The van der Waals surface area contributed by atoms with E-state index in [2.05, 4.69) is 17.0 Å². The number of fused-ring (bicyclic) bond motifs is 1. The van der Waals surface area contributed by atoms with Crippen molar-refractivity contribution in [2.75, 3.05) is 19.8 Å². The summed E-state index contributed by atoms with van der Waals surface area (Å²) in [5.74, 6) is 0.851. The molecular formula is C21H25NO3. The third-order valence-corrected chi connectivity index (χ3v) is 5.00. The molecule has 1 aliphatic heterocycles. The van der Waals surface area contributed by atoms with Crippen LogP contribution in [0.4, 0.5) is 0 Å². The molecule has 4 nitrogen and oxygen atoms in total. The molecule has 0 bridgehead atoms. The summed E-state index contributed by atoms with van der Waals surface area (Å²) < 4.78 is 5.46. The van der Waals surface area contributed by atoms with Gasteiger partial charge in [-0.2, -0.15) is 0 Å². The largest absolute Gasteiger partial charge is 0.494 e. The second-order valence-electron chi connectivity index (χ2n) is 6.65. The van der Waals surface area contributed by atoms with Crippen molar-refractivity contribution in [3.05, 3.63) is 65.2 Å². The van der Waals surface area contributed by atoms with Gasteiger partial charge in [-0.05, 0) is 55.7 Å². The molecule has 3 rings (SSSR count). The minimum absolute atomic E-state index is 0.0360. The first kappa shape index (κ1) is 17.6. The van der Waals surface area contributed by atoms with E-state index in [4.69, 9.17) is 4.74 Å². The molecule has 2 aromatic rings. The lowest BCUT2D eigenvalue weighted by atomic mass is 9.79. The fourth-order valence-electron chi connectivity index (χ4n) is 3.60. The van der Waals surface area contributed by atoms with Crippen molar-refractivity contribution in [1.29, 1.82) is 0 Å². The summed E-state index contributed by atoms with van der Waals surface area (Å²) in [4.78, 5) is 15.4. The Kier molecular flexibility index (Phi) is 5.21. The molecule has 0 saturated carbocycles. The number of hydrogen-bond donors (Lipinski definition) is 1. The van der Waals surface area contributed by atoms with Crippen LogP contribution in [0.15, 0.2) is 48.5 Å². The van der Waals surface area contributed by atoms with Crippen LogP contribution in [0, 0.1) is 0 Å². The number of hydrogen-bond acceptors (Lipinski definition) is 4. The van der Waals surface area contributed by atoms with Gasteiger partial charge >= 0.3 is 0 Å². The zero-order chi connectivity index (χ0) is 17.9. The highest BCUT2D eigenvalue weighted by atomic mass is 16.5. The average Bonchev–Trinajstić information content (AvgIpc) is 2.63. The maximum absolute atomic E-state index is 13.3.